The lowest BCUT2D eigenvalue weighted by atomic mass is 9.99. The molecule has 0 aliphatic carbocycles. The zero-order valence-electron chi connectivity index (χ0n) is 19.5. The molecule has 0 atom stereocenters. The number of rotatable bonds is 5. The van der Waals surface area contributed by atoms with Crippen molar-refractivity contribution in [1.82, 2.24) is 24.9 Å². The molecule has 1 amide bonds. The lowest BCUT2D eigenvalue weighted by Gasteiger charge is -2.13. The summed E-state index contributed by atoms with van der Waals surface area (Å²) in [6.07, 6.45) is 4.57. The van der Waals surface area contributed by atoms with E-state index in [1.165, 1.54) is 23.9 Å². The minimum Gasteiger partial charge on any atom is -0.496 e. The summed E-state index contributed by atoms with van der Waals surface area (Å²) < 4.78 is 10.8. The van der Waals surface area contributed by atoms with Crippen LogP contribution in [-0.4, -0.2) is 37.9 Å². The van der Waals surface area contributed by atoms with Crippen molar-refractivity contribution >= 4 is 55.6 Å². The van der Waals surface area contributed by atoms with Gasteiger partial charge in [-0.15, -0.1) is 0 Å². The van der Waals surface area contributed by atoms with Crippen molar-refractivity contribution in [2.24, 2.45) is 0 Å². The molecule has 6 aromatic rings. The maximum Gasteiger partial charge on any atom is 0.259 e. The second-order valence-electron chi connectivity index (χ2n) is 8.11. The van der Waals surface area contributed by atoms with Crippen molar-refractivity contribution in [3.05, 3.63) is 77.5 Å². The highest BCUT2D eigenvalue weighted by Gasteiger charge is 2.19. The first-order chi connectivity index (χ1) is 18.0. The van der Waals surface area contributed by atoms with Gasteiger partial charge in [-0.1, -0.05) is 22.9 Å². The molecule has 37 heavy (non-hydrogen) atoms. The number of methoxy groups -OCH3 is 1. The number of thiazole rings is 1. The molecule has 0 saturated heterocycles. The van der Waals surface area contributed by atoms with E-state index in [1.807, 2.05) is 31.2 Å². The predicted molar refractivity (Wildman–Crippen MR) is 142 cm³/mol. The van der Waals surface area contributed by atoms with Gasteiger partial charge in [-0.25, -0.2) is 15.0 Å². The molecule has 0 saturated carbocycles. The van der Waals surface area contributed by atoms with E-state index in [0.29, 0.717) is 54.3 Å². The SMILES string of the molecule is COc1ccc(Cl)cc1-c1cc(C)ncc1C(=O)Nc1nc2ncc(-c3ccc4ocnc4c3)nc2s1. The van der Waals surface area contributed by atoms with Gasteiger partial charge in [0.05, 0.1) is 24.6 Å². The van der Waals surface area contributed by atoms with Gasteiger partial charge in [-0.05, 0) is 49.4 Å². The number of nitrogens with one attached hydrogen (secondary N) is 1. The third-order valence-electron chi connectivity index (χ3n) is 5.71. The van der Waals surface area contributed by atoms with Gasteiger partial charge in [0.1, 0.15) is 11.3 Å². The van der Waals surface area contributed by atoms with Gasteiger partial charge in [0.25, 0.3) is 5.91 Å². The van der Waals surface area contributed by atoms with Gasteiger partial charge in [-0.3, -0.25) is 15.1 Å². The van der Waals surface area contributed by atoms with Gasteiger partial charge in [-0.2, -0.15) is 4.98 Å². The maximum atomic E-state index is 13.4. The van der Waals surface area contributed by atoms with Crippen LogP contribution in [0.15, 0.2) is 65.7 Å². The topological polar surface area (TPSA) is 116 Å². The van der Waals surface area contributed by atoms with Crippen molar-refractivity contribution < 1.29 is 13.9 Å². The summed E-state index contributed by atoms with van der Waals surface area (Å²) in [6, 6.07) is 12.7. The third kappa shape index (κ3) is 4.37. The first kappa shape index (κ1) is 23.0. The largest absolute Gasteiger partial charge is 0.496 e. The van der Waals surface area contributed by atoms with Crippen molar-refractivity contribution in [2.45, 2.75) is 6.92 Å². The molecule has 0 radical (unpaired) electrons. The zero-order valence-corrected chi connectivity index (χ0v) is 21.1. The van der Waals surface area contributed by atoms with Crippen LogP contribution < -0.4 is 10.1 Å². The number of carbonyl (C=O) groups is 1. The lowest BCUT2D eigenvalue weighted by Crippen LogP contribution is -2.14. The van der Waals surface area contributed by atoms with E-state index in [2.05, 4.69) is 30.2 Å². The Morgan fingerprint density at radius 3 is 2.78 bits per heavy atom. The van der Waals surface area contributed by atoms with Gasteiger partial charge in [0.15, 0.2) is 27.6 Å². The van der Waals surface area contributed by atoms with Crippen molar-refractivity contribution in [3.8, 4) is 28.1 Å². The number of fused-ring (bicyclic) bond motifs is 2. The van der Waals surface area contributed by atoms with Crippen LogP contribution in [0.5, 0.6) is 5.75 Å². The molecule has 0 aliphatic rings. The first-order valence-electron chi connectivity index (χ1n) is 11.1. The van der Waals surface area contributed by atoms with Crippen molar-refractivity contribution in [1.29, 1.82) is 0 Å². The number of aryl methyl sites for hydroxylation is 1. The summed E-state index contributed by atoms with van der Waals surface area (Å²) in [5.41, 5.74) is 5.81. The Balaban J connectivity index is 1.33. The number of hydrogen-bond acceptors (Lipinski definition) is 9. The highest BCUT2D eigenvalue weighted by Crippen LogP contribution is 2.35. The number of pyridine rings is 1. The number of amides is 1. The van der Waals surface area contributed by atoms with E-state index in [1.54, 1.807) is 31.5 Å². The molecule has 9 nitrogen and oxygen atoms in total. The molecule has 0 unspecified atom stereocenters. The Labute approximate surface area is 219 Å². The number of aromatic nitrogens is 5. The zero-order chi connectivity index (χ0) is 25.5. The summed E-state index contributed by atoms with van der Waals surface area (Å²) in [6.45, 7) is 1.85. The van der Waals surface area contributed by atoms with Crippen LogP contribution in [0.25, 0.3) is 44.0 Å². The molecule has 0 fully saturated rings. The molecule has 6 rings (SSSR count). The Bertz CT molecular complexity index is 1820. The summed E-state index contributed by atoms with van der Waals surface area (Å²) in [5, 5.41) is 3.76. The number of anilines is 1. The van der Waals surface area contributed by atoms with Gasteiger partial charge in [0, 0.05) is 33.6 Å². The Morgan fingerprint density at radius 1 is 1.03 bits per heavy atom. The Kier molecular flexibility index (Phi) is 5.74. The molecule has 0 bridgehead atoms. The van der Waals surface area contributed by atoms with E-state index in [4.69, 9.17) is 20.8 Å². The molecular weight excluding hydrogens is 512 g/mol. The van der Waals surface area contributed by atoms with E-state index >= 15 is 0 Å². The monoisotopic (exact) mass is 528 g/mol. The van der Waals surface area contributed by atoms with Crippen LogP contribution >= 0.6 is 22.9 Å². The van der Waals surface area contributed by atoms with Crippen molar-refractivity contribution in [3.63, 3.8) is 0 Å². The molecule has 1 N–H and O–H groups in total. The quantitative estimate of drug-likeness (QED) is 0.282. The second kappa shape index (κ2) is 9.23. The molecule has 4 heterocycles. The molecule has 0 aliphatic heterocycles. The normalized spacial score (nSPS) is 11.2. The van der Waals surface area contributed by atoms with Crippen LogP contribution in [0.3, 0.4) is 0 Å². The number of carbonyl (C=O) groups excluding carboxylic acids is 1. The molecule has 0 spiro atoms. The fourth-order valence-electron chi connectivity index (χ4n) is 3.95. The Morgan fingerprint density at radius 2 is 1.92 bits per heavy atom. The predicted octanol–water partition coefficient (Wildman–Crippen LogP) is 6.18. The number of ether oxygens (including phenoxy) is 1. The van der Waals surface area contributed by atoms with E-state index in [9.17, 15) is 4.79 Å². The lowest BCUT2D eigenvalue weighted by molar-refractivity contribution is 0.102. The fourth-order valence-corrected chi connectivity index (χ4v) is 4.91. The standard InChI is InChI=1S/C26H17ClN6O3S/c1-13-7-16(17-9-15(27)4-6-21(17)35-2)18(10-28-13)24(34)33-26-32-23-25(37-26)31-20(11-29-23)14-3-5-22-19(8-14)30-12-36-22/h3-12H,1-2H3,(H,29,32,33,34). The molecule has 4 aromatic heterocycles. The van der Waals surface area contributed by atoms with E-state index in [-0.39, 0.29) is 5.91 Å². The second-order valence-corrected chi connectivity index (χ2v) is 9.52. The number of halogens is 1. The Hall–Kier alpha value is -4.41. The van der Waals surface area contributed by atoms with E-state index < -0.39 is 0 Å². The number of nitrogens with zero attached hydrogens (tertiary/aromatic N) is 5. The van der Waals surface area contributed by atoms with Crippen LogP contribution in [0.1, 0.15) is 16.1 Å². The average Bonchev–Trinajstić information content (AvgIpc) is 3.53. The number of benzene rings is 2. The minimum absolute atomic E-state index is 0.355. The van der Waals surface area contributed by atoms with Crippen LogP contribution in [0.4, 0.5) is 5.13 Å². The van der Waals surface area contributed by atoms with Crippen LogP contribution in [0, 0.1) is 6.92 Å². The minimum atomic E-state index is -0.375. The smallest absolute Gasteiger partial charge is 0.259 e. The van der Waals surface area contributed by atoms with Gasteiger partial charge < -0.3 is 9.15 Å². The van der Waals surface area contributed by atoms with Gasteiger partial charge >= 0.3 is 0 Å². The average molecular weight is 529 g/mol. The number of hydrogen-bond donors (Lipinski definition) is 1. The van der Waals surface area contributed by atoms with E-state index in [0.717, 1.165) is 16.8 Å². The molecule has 11 heteroatoms. The summed E-state index contributed by atoms with van der Waals surface area (Å²) in [5.74, 6) is 0.217. The first-order valence-corrected chi connectivity index (χ1v) is 12.3. The summed E-state index contributed by atoms with van der Waals surface area (Å²) >= 11 is 7.48. The highest BCUT2D eigenvalue weighted by atomic mass is 35.5. The number of oxazole rings is 1. The maximum absolute atomic E-state index is 13.4. The van der Waals surface area contributed by atoms with Crippen molar-refractivity contribution in [2.75, 3.05) is 12.4 Å². The molecule has 182 valence electrons. The van der Waals surface area contributed by atoms with Gasteiger partial charge in [0.2, 0.25) is 0 Å². The highest BCUT2D eigenvalue weighted by molar-refractivity contribution is 7.21. The fraction of sp³-hybridized carbons (Fsp3) is 0.0769. The van der Waals surface area contributed by atoms with Crippen LogP contribution in [-0.2, 0) is 0 Å². The summed E-state index contributed by atoms with van der Waals surface area (Å²) in [4.78, 5) is 36.0. The third-order valence-corrected chi connectivity index (χ3v) is 6.80. The molecular formula is C26H17ClN6O3S. The van der Waals surface area contributed by atoms with Crippen LogP contribution in [0.2, 0.25) is 5.02 Å². The summed E-state index contributed by atoms with van der Waals surface area (Å²) in [7, 11) is 1.57. The molecule has 2 aromatic carbocycles.